The molecular weight excluding hydrogens is 390 g/mol. The van der Waals surface area contributed by atoms with E-state index in [1.54, 1.807) is 12.5 Å². The van der Waals surface area contributed by atoms with Crippen molar-refractivity contribution in [1.82, 2.24) is 19.9 Å². The third kappa shape index (κ3) is 3.74. The fourth-order valence-electron chi connectivity index (χ4n) is 4.24. The topological polar surface area (TPSA) is 86.0 Å². The molecule has 160 valence electrons. The van der Waals surface area contributed by atoms with E-state index in [4.69, 9.17) is 14.1 Å². The average molecular weight is 418 g/mol. The second kappa shape index (κ2) is 7.57. The molecule has 1 aliphatic heterocycles. The van der Waals surface area contributed by atoms with Crippen LogP contribution in [0.5, 0.6) is 0 Å². The first-order valence-corrected chi connectivity index (χ1v) is 10.8. The molecule has 0 unspecified atom stereocenters. The Morgan fingerprint density at radius 2 is 2.06 bits per heavy atom. The monoisotopic (exact) mass is 417 g/mol. The lowest BCUT2D eigenvalue weighted by Crippen LogP contribution is -2.33. The van der Waals surface area contributed by atoms with Gasteiger partial charge in [-0.1, -0.05) is 19.9 Å². The predicted octanol–water partition coefficient (Wildman–Crippen LogP) is 4.83. The van der Waals surface area contributed by atoms with Crippen molar-refractivity contribution < 1.29 is 9.15 Å². The normalized spacial score (nSPS) is 15.5. The molecule has 0 atom stereocenters. The Labute approximate surface area is 181 Å². The molecule has 0 bridgehead atoms. The lowest BCUT2D eigenvalue weighted by molar-refractivity contribution is -0.0402. The molecule has 0 spiro atoms. The molecule has 0 saturated heterocycles. The van der Waals surface area contributed by atoms with Crippen molar-refractivity contribution in [3.63, 3.8) is 0 Å². The zero-order valence-electron chi connectivity index (χ0n) is 18.4. The van der Waals surface area contributed by atoms with Gasteiger partial charge in [0.05, 0.1) is 23.3 Å². The number of nitrogens with one attached hydrogen (secondary N) is 1. The predicted molar refractivity (Wildman–Crippen MR) is 120 cm³/mol. The van der Waals surface area contributed by atoms with Gasteiger partial charge in [-0.15, -0.1) is 0 Å². The highest BCUT2D eigenvalue weighted by Gasteiger charge is 2.32. The summed E-state index contributed by atoms with van der Waals surface area (Å²) in [6.45, 7) is 9.83. The highest BCUT2D eigenvalue weighted by Crippen LogP contribution is 2.39. The van der Waals surface area contributed by atoms with Gasteiger partial charge in [-0.25, -0.2) is 15.0 Å². The fourth-order valence-corrected chi connectivity index (χ4v) is 4.24. The zero-order chi connectivity index (χ0) is 21.6. The standard InChI is InChI=1S/C24H27N5O2/c1-14(2)8-18-17-12-30-24(3,4)9-16(17)19-20-21(31-23(19)29-18)22(28-13-27-20)26-11-15-6-5-7-25-10-15/h5-7,10,13-14H,8-9,11-12H2,1-4H3,(H,26,27,28). The second-order valence-electron chi connectivity index (χ2n) is 9.24. The minimum atomic E-state index is -0.242. The molecular formula is C24H27N5O2. The Morgan fingerprint density at radius 1 is 1.19 bits per heavy atom. The van der Waals surface area contributed by atoms with Crippen LogP contribution < -0.4 is 5.32 Å². The minimum Gasteiger partial charge on any atom is -0.432 e. The van der Waals surface area contributed by atoms with E-state index in [0.717, 1.165) is 35.0 Å². The number of aromatic nitrogens is 4. The molecule has 4 aromatic rings. The van der Waals surface area contributed by atoms with Crippen LogP contribution in [0.25, 0.3) is 22.2 Å². The van der Waals surface area contributed by atoms with Crippen molar-refractivity contribution in [3.05, 3.63) is 53.2 Å². The number of pyridine rings is 2. The van der Waals surface area contributed by atoms with E-state index < -0.39 is 0 Å². The van der Waals surface area contributed by atoms with Gasteiger partial charge in [-0.3, -0.25) is 4.98 Å². The minimum absolute atomic E-state index is 0.242. The fraction of sp³-hybridized carbons (Fsp3) is 0.417. The highest BCUT2D eigenvalue weighted by atomic mass is 16.5. The molecule has 5 heterocycles. The van der Waals surface area contributed by atoms with Crippen LogP contribution in [0.4, 0.5) is 5.82 Å². The molecule has 31 heavy (non-hydrogen) atoms. The summed E-state index contributed by atoms with van der Waals surface area (Å²) >= 11 is 0. The Morgan fingerprint density at radius 3 is 2.84 bits per heavy atom. The molecule has 1 N–H and O–H groups in total. The number of fused-ring (bicyclic) bond motifs is 5. The molecule has 0 aliphatic carbocycles. The lowest BCUT2D eigenvalue weighted by atomic mass is 9.88. The van der Waals surface area contributed by atoms with Crippen LogP contribution in [0.15, 0.2) is 35.3 Å². The molecule has 0 radical (unpaired) electrons. The second-order valence-corrected chi connectivity index (χ2v) is 9.24. The summed E-state index contributed by atoms with van der Waals surface area (Å²) in [5, 5.41) is 4.36. The first kappa shape index (κ1) is 19.9. The van der Waals surface area contributed by atoms with Gasteiger partial charge in [-0.05, 0) is 43.4 Å². The Kier molecular flexibility index (Phi) is 4.85. The van der Waals surface area contributed by atoms with E-state index in [2.05, 4.69) is 48.0 Å². The van der Waals surface area contributed by atoms with Crippen molar-refractivity contribution in [1.29, 1.82) is 0 Å². The van der Waals surface area contributed by atoms with Gasteiger partial charge in [0, 0.05) is 30.9 Å². The molecule has 7 heteroatoms. The van der Waals surface area contributed by atoms with Crippen molar-refractivity contribution >= 4 is 28.0 Å². The number of ether oxygens (including phenoxy) is 1. The number of furan rings is 1. The van der Waals surface area contributed by atoms with Crippen LogP contribution in [0.3, 0.4) is 0 Å². The molecule has 7 nitrogen and oxygen atoms in total. The van der Waals surface area contributed by atoms with Crippen molar-refractivity contribution in [2.75, 3.05) is 5.32 Å². The molecule has 0 fully saturated rings. The summed E-state index contributed by atoms with van der Waals surface area (Å²) in [5.74, 6) is 1.15. The highest BCUT2D eigenvalue weighted by molar-refractivity contribution is 6.06. The Bertz CT molecular complexity index is 1250. The van der Waals surface area contributed by atoms with E-state index in [0.29, 0.717) is 36.2 Å². The zero-order valence-corrected chi connectivity index (χ0v) is 18.4. The third-order valence-electron chi connectivity index (χ3n) is 5.70. The van der Waals surface area contributed by atoms with Crippen LogP contribution in [-0.2, 0) is 30.7 Å². The van der Waals surface area contributed by atoms with Gasteiger partial charge < -0.3 is 14.5 Å². The van der Waals surface area contributed by atoms with Crippen molar-refractivity contribution in [3.8, 4) is 0 Å². The number of rotatable bonds is 5. The Balaban J connectivity index is 1.65. The SMILES string of the molecule is CC(C)Cc1nc2oc3c(NCc4cccnc4)ncnc3c2c2c1COC(C)(C)C2. The Hall–Kier alpha value is -3.06. The first-order valence-electron chi connectivity index (χ1n) is 10.8. The van der Waals surface area contributed by atoms with Crippen LogP contribution in [0.1, 0.15) is 50.1 Å². The first-order chi connectivity index (χ1) is 14.9. The van der Waals surface area contributed by atoms with E-state index in [1.807, 2.05) is 18.3 Å². The number of hydrogen-bond acceptors (Lipinski definition) is 7. The van der Waals surface area contributed by atoms with Crippen molar-refractivity contribution in [2.24, 2.45) is 5.92 Å². The maximum atomic E-state index is 6.27. The summed E-state index contributed by atoms with van der Waals surface area (Å²) in [5.41, 5.74) is 6.39. The number of nitrogens with zero attached hydrogens (tertiary/aromatic N) is 4. The molecule has 4 aromatic heterocycles. The van der Waals surface area contributed by atoms with E-state index >= 15 is 0 Å². The van der Waals surface area contributed by atoms with Crippen LogP contribution >= 0.6 is 0 Å². The maximum absolute atomic E-state index is 6.27. The summed E-state index contributed by atoms with van der Waals surface area (Å²) < 4.78 is 12.4. The van der Waals surface area contributed by atoms with Gasteiger partial charge in [0.25, 0.3) is 0 Å². The van der Waals surface area contributed by atoms with Crippen LogP contribution in [0, 0.1) is 5.92 Å². The van der Waals surface area contributed by atoms with Gasteiger partial charge in [0.15, 0.2) is 11.4 Å². The lowest BCUT2D eigenvalue weighted by Gasteiger charge is -2.33. The third-order valence-corrected chi connectivity index (χ3v) is 5.70. The van der Waals surface area contributed by atoms with E-state index in [1.165, 1.54) is 11.1 Å². The van der Waals surface area contributed by atoms with Gasteiger partial charge in [0.2, 0.25) is 5.71 Å². The van der Waals surface area contributed by atoms with E-state index in [9.17, 15) is 0 Å². The summed E-state index contributed by atoms with van der Waals surface area (Å²) in [7, 11) is 0. The summed E-state index contributed by atoms with van der Waals surface area (Å²) in [4.78, 5) is 18.1. The smallest absolute Gasteiger partial charge is 0.229 e. The average Bonchev–Trinajstić information content (AvgIpc) is 3.11. The number of hydrogen-bond donors (Lipinski definition) is 1. The van der Waals surface area contributed by atoms with Crippen LogP contribution in [-0.4, -0.2) is 25.5 Å². The maximum Gasteiger partial charge on any atom is 0.229 e. The largest absolute Gasteiger partial charge is 0.432 e. The molecule has 0 aromatic carbocycles. The molecule has 0 saturated carbocycles. The van der Waals surface area contributed by atoms with Crippen molar-refractivity contribution in [2.45, 2.75) is 59.3 Å². The quantitative estimate of drug-likeness (QED) is 0.498. The van der Waals surface area contributed by atoms with Gasteiger partial charge >= 0.3 is 0 Å². The molecule has 5 rings (SSSR count). The van der Waals surface area contributed by atoms with Gasteiger partial charge in [-0.2, -0.15) is 0 Å². The van der Waals surface area contributed by atoms with Crippen LogP contribution in [0.2, 0.25) is 0 Å². The molecule has 0 amide bonds. The van der Waals surface area contributed by atoms with E-state index in [-0.39, 0.29) is 5.60 Å². The summed E-state index contributed by atoms with van der Waals surface area (Å²) in [6.07, 6.45) is 6.87. The summed E-state index contributed by atoms with van der Waals surface area (Å²) in [6, 6.07) is 3.94. The molecule has 1 aliphatic rings. The number of anilines is 1. The van der Waals surface area contributed by atoms with Gasteiger partial charge in [0.1, 0.15) is 11.8 Å².